The number of nitrogens with one attached hydrogen (secondary N) is 1. The van der Waals surface area contributed by atoms with Gasteiger partial charge in [-0.25, -0.2) is 13.4 Å². The van der Waals surface area contributed by atoms with Crippen LogP contribution in [0.3, 0.4) is 0 Å². The van der Waals surface area contributed by atoms with Crippen LogP contribution in [-0.2, 0) is 9.84 Å². The van der Waals surface area contributed by atoms with E-state index in [0.29, 0.717) is 11.7 Å². The third-order valence-electron chi connectivity index (χ3n) is 5.58. The first-order valence-corrected chi connectivity index (χ1v) is 11.4. The van der Waals surface area contributed by atoms with E-state index >= 15 is 0 Å². The van der Waals surface area contributed by atoms with E-state index in [2.05, 4.69) is 9.97 Å². The fraction of sp³-hybridized carbons (Fsp3) is 0.526. The first-order chi connectivity index (χ1) is 12.8. The van der Waals surface area contributed by atoms with E-state index in [9.17, 15) is 13.4 Å². The quantitative estimate of drug-likeness (QED) is 0.743. The summed E-state index contributed by atoms with van der Waals surface area (Å²) in [6.45, 7) is 4.09. The molecular weight excluding hydrogens is 363 g/mol. The standard InChI is InChI=1S/C19H25BN2O4S/c1-12(2)4-6-27(24,25)11-13-7-14(8-13)16-9-20(23)26-17-10-22-19-15(18(16)17)3-5-21-19/h3,5,9-10,12-14,23H,4,6-8,11H2,1-2H3,(H,21,22). The minimum absolute atomic E-state index is 0.194. The lowest BCUT2D eigenvalue weighted by Crippen LogP contribution is -2.34. The van der Waals surface area contributed by atoms with Crippen LogP contribution in [-0.4, -0.2) is 42.0 Å². The van der Waals surface area contributed by atoms with Crippen LogP contribution in [0.2, 0.25) is 0 Å². The van der Waals surface area contributed by atoms with Crippen LogP contribution in [0.15, 0.2) is 24.4 Å². The number of hydrogen-bond acceptors (Lipinski definition) is 5. The Morgan fingerprint density at radius 1 is 1.41 bits per heavy atom. The van der Waals surface area contributed by atoms with Crippen LogP contribution in [0.25, 0.3) is 16.6 Å². The van der Waals surface area contributed by atoms with Gasteiger partial charge in [-0.3, -0.25) is 0 Å². The number of nitrogens with zero attached hydrogens (tertiary/aromatic N) is 1. The van der Waals surface area contributed by atoms with Crippen molar-refractivity contribution in [2.75, 3.05) is 11.5 Å². The van der Waals surface area contributed by atoms with E-state index in [4.69, 9.17) is 4.65 Å². The molecule has 0 radical (unpaired) electrons. The molecule has 0 aromatic carbocycles. The number of aromatic amines is 1. The Morgan fingerprint density at radius 2 is 2.19 bits per heavy atom. The van der Waals surface area contributed by atoms with E-state index in [1.165, 1.54) is 0 Å². The SMILES string of the molecule is CC(C)CCS(=O)(=O)CC1CC(C2=CB(O)Oc3cnc4[nH]ccc4c32)C1. The number of fused-ring (bicyclic) bond motifs is 3. The van der Waals surface area contributed by atoms with Gasteiger partial charge in [0, 0.05) is 17.1 Å². The fourth-order valence-electron chi connectivity index (χ4n) is 4.10. The lowest BCUT2D eigenvalue weighted by atomic mass is 9.66. The highest BCUT2D eigenvalue weighted by atomic mass is 32.2. The molecule has 144 valence electrons. The summed E-state index contributed by atoms with van der Waals surface area (Å²) in [7, 11) is -3.98. The van der Waals surface area contributed by atoms with Crippen LogP contribution in [0.1, 0.15) is 38.7 Å². The monoisotopic (exact) mass is 388 g/mol. The summed E-state index contributed by atoms with van der Waals surface area (Å²) in [4.78, 5) is 7.43. The minimum Gasteiger partial charge on any atom is -0.531 e. The molecule has 0 unspecified atom stereocenters. The molecule has 0 saturated heterocycles. The number of rotatable bonds is 6. The molecule has 1 saturated carbocycles. The molecule has 0 atom stereocenters. The maximum absolute atomic E-state index is 12.3. The Labute approximate surface area is 160 Å². The smallest absolute Gasteiger partial charge is 0.531 e. The topological polar surface area (TPSA) is 92.3 Å². The Morgan fingerprint density at radius 3 is 2.93 bits per heavy atom. The van der Waals surface area contributed by atoms with Gasteiger partial charge in [-0.1, -0.05) is 13.8 Å². The third-order valence-corrected chi connectivity index (χ3v) is 7.42. The van der Waals surface area contributed by atoms with Crippen LogP contribution in [0.5, 0.6) is 5.75 Å². The maximum atomic E-state index is 12.3. The van der Waals surface area contributed by atoms with Gasteiger partial charge in [-0.15, -0.1) is 0 Å². The zero-order valence-electron chi connectivity index (χ0n) is 15.7. The summed E-state index contributed by atoms with van der Waals surface area (Å²) in [6.07, 6.45) is 5.85. The molecule has 0 spiro atoms. The average molecular weight is 388 g/mol. The molecule has 4 rings (SSSR count). The molecular formula is C19H25BN2O4S. The fourth-order valence-corrected chi connectivity index (χ4v) is 6.09. The molecule has 1 aliphatic heterocycles. The lowest BCUT2D eigenvalue weighted by molar-refractivity contribution is 0.272. The molecule has 8 heteroatoms. The second kappa shape index (κ2) is 6.98. The zero-order chi connectivity index (χ0) is 19.2. The number of allylic oxidation sites excluding steroid dienone is 1. The number of pyridine rings is 1. The largest absolute Gasteiger partial charge is 0.552 e. The van der Waals surface area contributed by atoms with Gasteiger partial charge >= 0.3 is 7.12 Å². The maximum Gasteiger partial charge on any atom is 0.552 e. The molecule has 6 nitrogen and oxygen atoms in total. The van der Waals surface area contributed by atoms with Gasteiger partial charge in [0.15, 0.2) is 9.84 Å². The van der Waals surface area contributed by atoms with Crippen molar-refractivity contribution in [3.05, 3.63) is 30.0 Å². The van der Waals surface area contributed by atoms with Crippen molar-refractivity contribution in [3.8, 4) is 5.75 Å². The molecule has 2 aromatic heterocycles. The van der Waals surface area contributed by atoms with Gasteiger partial charge in [0.2, 0.25) is 0 Å². The second-order valence-electron chi connectivity index (χ2n) is 8.20. The summed E-state index contributed by atoms with van der Waals surface area (Å²) in [5.41, 5.74) is 2.80. The predicted octanol–water partition coefficient (Wildman–Crippen LogP) is 2.85. The molecule has 0 bridgehead atoms. The molecule has 2 aromatic rings. The normalized spacial score (nSPS) is 22.4. The van der Waals surface area contributed by atoms with Gasteiger partial charge in [-0.05, 0) is 54.6 Å². The predicted molar refractivity (Wildman–Crippen MR) is 107 cm³/mol. The third kappa shape index (κ3) is 3.78. The van der Waals surface area contributed by atoms with Gasteiger partial charge in [0.05, 0.1) is 17.7 Å². The van der Waals surface area contributed by atoms with Crippen molar-refractivity contribution in [2.45, 2.75) is 33.1 Å². The van der Waals surface area contributed by atoms with Crippen molar-refractivity contribution in [2.24, 2.45) is 17.8 Å². The molecule has 1 fully saturated rings. The summed E-state index contributed by atoms with van der Waals surface area (Å²) in [6, 6.07) is 1.96. The number of aromatic nitrogens is 2. The second-order valence-corrected chi connectivity index (χ2v) is 10.4. The van der Waals surface area contributed by atoms with Crippen molar-refractivity contribution in [3.63, 3.8) is 0 Å². The summed E-state index contributed by atoms with van der Waals surface area (Å²) < 4.78 is 30.2. The van der Waals surface area contributed by atoms with Crippen molar-refractivity contribution >= 4 is 33.6 Å². The van der Waals surface area contributed by atoms with E-state index in [1.807, 2.05) is 26.1 Å². The van der Waals surface area contributed by atoms with Crippen LogP contribution >= 0.6 is 0 Å². The molecule has 2 N–H and O–H groups in total. The highest BCUT2D eigenvalue weighted by Gasteiger charge is 2.39. The first kappa shape index (κ1) is 18.6. The number of hydrogen-bond donors (Lipinski definition) is 2. The van der Waals surface area contributed by atoms with Gasteiger partial charge in [0.25, 0.3) is 0 Å². The highest BCUT2D eigenvalue weighted by molar-refractivity contribution is 7.91. The Bertz CT molecular complexity index is 977. The van der Waals surface area contributed by atoms with Gasteiger partial charge < -0.3 is 14.7 Å². The van der Waals surface area contributed by atoms with Crippen molar-refractivity contribution in [1.82, 2.24) is 9.97 Å². The summed E-state index contributed by atoms with van der Waals surface area (Å²) >= 11 is 0. The summed E-state index contributed by atoms with van der Waals surface area (Å²) in [5, 5.41) is 11.0. The number of H-pyrrole nitrogens is 1. The lowest BCUT2D eigenvalue weighted by Gasteiger charge is -2.38. The number of sulfone groups is 1. The molecule has 0 amide bonds. The first-order valence-electron chi connectivity index (χ1n) is 9.55. The van der Waals surface area contributed by atoms with E-state index in [0.717, 1.165) is 41.4 Å². The van der Waals surface area contributed by atoms with Gasteiger partial charge in [-0.2, -0.15) is 0 Å². The van der Waals surface area contributed by atoms with Crippen molar-refractivity contribution in [1.29, 1.82) is 0 Å². The van der Waals surface area contributed by atoms with Crippen LogP contribution < -0.4 is 4.65 Å². The molecule has 3 heterocycles. The Hall–Kier alpha value is -1.80. The van der Waals surface area contributed by atoms with Gasteiger partial charge in [0.1, 0.15) is 11.4 Å². The average Bonchev–Trinajstić information content (AvgIpc) is 3.04. The van der Waals surface area contributed by atoms with Crippen LogP contribution in [0.4, 0.5) is 0 Å². The molecule has 2 aliphatic rings. The molecule has 1 aliphatic carbocycles. The molecule has 27 heavy (non-hydrogen) atoms. The Kier molecular flexibility index (Phi) is 4.80. The van der Waals surface area contributed by atoms with E-state index < -0.39 is 17.0 Å². The summed E-state index contributed by atoms with van der Waals surface area (Å²) in [5.74, 6) is 3.72. The highest BCUT2D eigenvalue weighted by Crippen LogP contribution is 2.48. The van der Waals surface area contributed by atoms with E-state index in [-0.39, 0.29) is 23.3 Å². The minimum atomic E-state index is -3.00. The van der Waals surface area contributed by atoms with Crippen molar-refractivity contribution < 1.29 is 18.1 Å². The van der Waals surface area contributed by atoms with Crippen LogP contribution in [0, 0.1) is 17.8 Å². The zero-order valence-corrected chi connectivity index (χ0v) is 16.5. The van der Waals surface area contributed by atoms with E-state index in [1.54, 1.807) is 12.2 Å². The Balaban J connectivity index is 1.49.